The van der Waals surface area contributed by atoms with Crippen molar-refractivity contribution in [1.29, 1.82) is 0 Å². The lowest BCUT2D eigenvalue weighted by Gasteiger charge is -2.12. The van der Waals surface area contributed by atoms with Crippen LogP contribution in [0.1, 0.15) is 16.2 Å². The van der Waals surface area contributed by atoms with E-state index >= 15 is 0 Å². The fourth-order valence-electron chi connectivity index (χ4n) is 2.31. The lowest BCUT2D eigenvalue weighted by Crippen LogP contribution is -2.24. The van der Waals surface area contributed by atoms with Gasteiger partial charge in [0.25, 0.3) is 5.91 Å². The number of hydrogen-bond acceptors (Lipinski definition) is 5. The molecule has 0 aliphatic rings. The van der Waals surface area contributed by atoms with E-state index in [-0.39, 0.29) is 12.5 Å². The summed E-state index contributed by atoms with van der Waals surface area (Å²) in [6, 6.07) is 12.6. The van der Waals surface area contributed by atoms with E-state index in [0.29, 0.717) is 28.5 Å². The Labute approximate surface area is 133 Å². The zero-order valence-corrected chi connectivity index (χ0v) is 12.8. The number of amides is 1. The summed E-state index contributed by atoms with van der Waals surface area (Å²) < 4.78 is 16.0. The third-order valence-electron chi connectivity index (χ3n) is 3.39. The van der Waals surface area contributed by atoms with Gasteiger partial charge in [0.1, 0.15) is 22.6 Å². The van der Waals surface area contributed by atoms with Gasteiger partial charge < -0.3 is 19.2 Å². The molecule has 0 saturated heterocycles. The van der Waals surface area contributed by atoms with Crippen molar-refractivity contribution in [3.8, 4) is 11.5 Å². The topological polar surface area (TPSA) is 73.6 Å². The Morgan fingerprint density at radius 2 is 1.78 bits per heavy atom. The van der Waals surface area contributed by atoms with Crippen LogP contribution in [0.25, 0.3) is 11.1 Å². The highest BCUT2D eigenvalue weighted by atomic mass is 16.5. The molecule has 2 aromatic carbocycles. The summed E-state index contributed by atoms with van der Waals surface area (Å²) in [5.74, 6) is 1.01. The highest BCUT2D eigenvalue weighted by Crippen LogP contribution is 2.28. The van der Waals surface area contributed by atoms with Crippen LogP contribution in [0.4, 0.5) is 0 Å². The molecular formula is C17H16N2O4. The summed E-state index contributed by atoms with van der Waals surface area (Å²) in [6.07, 6.45) is 0. The average molecular weight is 312 g/mol. The second-order valence-electron chi connectivity index (χ2n) is 4.80. The van der Waals surface area contributed by atoms with Gasteiger partial charge in [0, 0.05) is 0 Å². The third-order valence-corrected chi connectivity index (χ3v) is 3.39. The third kappa shape index (κ3) is 2.96. The van der Waals surface area contributed by atoms with Gasteiger partial charge in [-0.25, -0.2) is 4.98 Å². The molecule has 6 nitrogen and oxygen atoms in total. The SMILES string of the molecule is COc1cccc(OC)c1C(=O)NCc1nc2ccccc2o1. The maximum atomic E-state index is 12.5. The number of carbonyl (C=O) groups is 1. The first-order valence-electron chi connectivity index (χ1n) is 7.06. The van der Waals surface area contributed by atoms with Crippen molar-refractivity contribution in [3.63, 3.8) is 0 Å². The first-order valence-corrected chi connectivity index (χ1v) is 7.06. The van der Waals surface area contributed by atoms with Crippen LogP contribution in [0, 0.1) is 0 Å². The van der Waals surface area contributed by atoms with Gasteiger partial charge in [0.15, 0.2) is 5.58 Å². The lowest BCUT2D eigenvalue weighted by molar-refractivity contribution is 0.0941. The summed E-state index contributed by atoms with van der Waals surface area (Å²) in [6.45, 7) is 0.175. The van der Waals surface area contributed by atoms with E-state index in [1.54, 1.807) is 18.2 Å². The van der Waals surface area contributed by atoms with E-state index in [4.69, 9.17) is 13.9 Å². The van der Waals surface area contributed by atoms with Crippen LogP contribution in [-0.2, 0) is 6.54 Å². The smallest absolute Gasteiger partial charge is 0.259 e. The number of rotatable bonds is 5. The Balaban J connectivity index is 1.79. The number of oxazole rings is 1. The van der Waals surface area contributed by atoms with E-state index in [9.17, 15) is 4.79 Å². The van der Waals surface area contributed by atoms with Crippen LogP contribution in [-0.4, -0.2) is 25.1 Å². The Morgan fingerprint density at radius 1 is 1.09 bits per heavy atom. The van der Waals surface area contributed by atoms with Crippen molar-refractivity contribution in [1.82, 2.24) is 10.3 Å². The molecule has 0 unspecified atom stereocenters. The molecule has 1 N–H and O–H groups in total. The fraction of sp³-hybridized carbons (Fsp3) is 0.176. The molecule has 0 saturated carbocycles. The van der Waals surface area contributed by atoms with Crippen molar-refractivity contribution >= 4 is 17.0 Å². The van der Waals surface area contributed by atoms with Crippen LogP contribution in [0.2, 0.25) is 0 Å². The average Bonchev–Trinajstić information content (AvgIpc) is 3.01. The van der Waals surface area contributed by atoms with Gasteiger partial charge in [-0.1, -0.05) is 18.2 Å². The molecule has 0 aliphatic heterocycles. The zero-order valence-electron chi connectivity index (χ0n) is 12.8. The van der Waals surface area contributed by atoms with Gasteiger partial charge >= 0.3 is 0 Å². The molecule has 0 atom stereocenters. The number of nitrogens with one attached hydrogen (secondary N) is 1. The van der Waals surface area contributed by atoms with Gasteiger partial charge in [-0.05, 0) is 24.3 Å². The van der Waals surface area contributed by atoms with Crippen LogP contribution >= 0.6 is 0 Å². The Kier molecular flexibility index (Phi) is 4.14. The number of aromatic nitrogens is 1. The van der Waals surface area contributed by atoms with E-state index < -0.39 is 0 Å². The molecule has 0 aliphatic carbocycles. The van der Waals surface area contributed by atoms with E-state index in [2.05, 4.69) is 10.3 Å². The predicted molar refractivity (Wildman–Crippen MR) is 84.7 cm³/mol. The lowest BCUT2D eigenvalue weighted by atomic mass is 10.1. The number of para-hydroxylation sites is 2. The number of nitrogens with zero attached hydrogens (tertiary/aromatic N) is 1. The summed E-state index contributed by atoms with van der Waals surface area (Å²) in [4.78, 5) is 16.8. The van der Waals surface area contributed by atoms with Crippen LogP contribution in [0.3, 0.4) is 0 Å². The summed E-state index contributed by atoms with van der Waals surface area (Å²) >= 11 is 0. The Hall–Kier alpha value is -3.02. The van der Waals surface area contributed by atoms with Crippen molar-refractivity contribution in [2.24, 2.45) is 0 Å². The van der Waals surface area contributed by atoms with E-state index in [1.165, 1.54) is 14.2 Å². The maximum Gasteiger partial charge on any atom is 0.259 e. The minimum Gasteiger partial charge on any atom is -0.496 e. The number of ether oxygens (including phenoxy) is 2. The van der Waals surface area contributed by atoms with Gasteiger partial charge in [0.2, 0.25) is 5.89 Å². The van der Waals surface area contributed by atoms with Gasteiger partial charge in [-0.3, -0.25) is 4.79 Å². The molecule has 1 amide bonds. The molecular weight excluding hydrogens is 296 g/mol. The normalized spacial score (nSPS) is 10.5. The molecule has 0 bridgehead atoms. The van der Waals surface area contributed by atoms with E-state index in [0.717, 1.165) is 5.52 Å². The van der Waals surface area contributed by atoms with Crippen molar-refractivity contribution in [2.45, 2.75) is 6.54 Å². The largest absolute Gasteiger partial charge is 0.496 e. The standard InChI is InChI=1S/C17H16N2O4/c1-21-13-8-5-9-14(22-2)16(13)17(20)18-10-15-19-11-6-3-4-7-12(11)23-15/h3-9H,10H2,1-2H3,(H,18,20). The van der Waals surface area contributed by atoms with Crippen molar-refractivity contribution in [2.75, 3.05) is 14.2 Å². The molecule has 6 heteroatoms. The van der Waals surface area contributed by atoms with Crippen molar-refractivity contribution in [3.05, 3.63) is 53.9 Å². The predicted octanol–water partition coefficient (Wildman–Crippen LogP) is 2.78. The van der Waals surface area contributed by atoms with Crippen LogP contribution in [0.5, 0.6) is 11.5 Å². The minimum atomic E-state index is -0.318. The summed E-state index contributed by atoms with van der Waals surface area (Å²) in [5, 5.41) is 2.77. The number of benzene rings is 2. The molecule has 0 radical (unpaired) electrons. The molecule has 1 aromatic heterocycles. The highest BCUT2D eigenvalue weighted by molar-refractivity contribution is 5.99. The van der Waals surface area contributed by atoms with Gasteiger partial charge in [-0.15, -0.1) is 0 Å². The molecule has 0 spiro atoms. The first kappa shape index (κ1) is 14.9. The van der Waals surface area contributed by atoms with Crippen LogP contribution in [0.15, 0.2) is 46.9 Å². The van der Waals surface area contributed by atoms with Gasteiger partial charge in [0.05, 0.1) is 20.8 Å². The Bertz CT molecular complexity index is 786. The first-order chi connectivity index (χ1) is 11.2. The molecule has 23 heavy (non-hydrogen) atoms. The zero-order chi connectivity index (χ0) is 16.2. The van der Waals surface area contributed by atoms with E-state index in [1.807, 2.05) is 24.3 Å². The minimum absolute atomic E-state index is 0.175. The van der Waals surface area contributed by atoms with Crippen molar-refractivity contribution < 1.29 is 18.7 Å². The molecule has 118 valence electrons. The molecule has 0 fully saturated rings. The Morgan fingerprint density at radius 3 is 2.43 bits per heavy atom. The molecule has 3 rings (SSSR count). The summed E-state index contributed by atoms with van der Waals surface area (Å²) in [7, 11) is 3.01. The monoisotopic (exact) mass is 312 g/mol. The second kappa shape index (κ2) is 6.39. The molecule has 1 heterocycles. The quantitative estimate of drug-likeness (QED) is 0.784. The second-order valence-corrected chi connectivity index (χ2v) is 4.80. The number of carbonyl (C=O) groups excluding carboxylic acids is 1. The fourth-order valence-corrected chi connectivity index (χ4v) is 2.31. The number of fused-ring (bicyclic) bond motifs is 1. The maximum absolute atomic E-state index is 12.5. The van der Waals surface area contributed by atoms with Crippen LogP contribution < -0.4 is 14.8 Å². The molecule has 3 aromatic rings. The number of methoxy groups -OCH3 is 2. The number of hydrogen-bond donors (Lipinski definition) is 1. The highest BCUT2D eigenvalue weighted by Gasteiger charge is 2.18. The van der Waals surface area contributed by atoms with Gasteiger partial charge in [-0.2, -0.15) is 0 Å². The summed E-state index contributed by atoms with van der Waals surface area (Å²) in [5.41, 5.74) is 1.78.